The summed E-state index contributed by atoms with van der Waals surface area (Å²) in [6, 6.07) is 10.4. The molecule has 0 radical (unpaired) electrons. The molecule has 0 spiro atoms. The van der Waals surface area contributed by atoms with E-state index in [0.29, 0.717) is 17.5 Å². The summed E-state index contributed by atoms with van der Waals surface area (Å²) in [5, 5.41) is 11.1. The fourth-order valence-corrected chi connectivity index (χ4v) is 5.19. The predicted molar refractivity (Wildman–Crippen MR) is 139 cm³/mol. The third-order valence-electron chi connectivity index (χ3n) is 5.65. The molecule has 2 aliphatic heterocycles. The molecule has 37 heavy (non-hydrogen) atoms. The molecule has 1 aromatic carbocycles. The maximum atomic E-state index is 12.5. The number of likely N-dealkylation sites (tertiary alicyclic amines) is 1. The van der Waals surface area contributed by atoms with Gasteiger partial charge < -0.3 is 10.2 Å². The number of nitrogens with zero attached hydrogens (tertiary/aromatic N) is 4. The van der Waals surface area contributed by atoms with Gasteiger partial charge in [-0.25, -0.2) is 8.42 Å². The molecule has 1 aromatic heterocycles. The largest absolute Gasteiger partial charge is 0.433 e. The zero-order valence-electron chi connectivity index (χ0n) is 19.5. The first-order chi connectivity index (χ1) is 17.1. The van der Waals surface area contributed by atoms with Crippen LogP contribution in [0, 0.1) is 17.2 Å². The molecule has 4 rings (SSSR count). The van der Waals surface area contributed by atoms with Gasteiger partial charge in [0, 0.05) is 45.9 Å². The molecular weight excluding hydrogens is 626 g/mol. The van der Waals surface area contributed by atoms with Crippen molar-refractivity contribution in [1.29, 1.82) is 5.26 Å². The molecule has 0 bridgehead atoms. The van der Waals surface area contributed by atoms with E-state index in [1.807, 2.05) is 0 Å². The van der Waals surface area contributed by atoms with Gasteiger partial charge in [-0.15, -0.1) is 24.0 Å². The molecule has 0 atom stereocenters. The van der Waals surface area contributed by atoms with Gasteiger partial charge in [0.05, 0.1) is 16.9 Å². The molecule has 2 amide bonds. The summed E-state index contributed by atoms with van der Waals surface area (Å²) in [6.45, 7) is 2.08. The lowest BCUT2D eigenvalue weighted by Crippen LogP contribution is -2.49. The summed E-state index contributed by atoms with van der Waals surface area (Å²) in [6.07, 6.45) is -0.881. The Hall–Kier alpha value is -2.77. The van der Waals surface area contributed by atoms with Crippen LogP contribution >= 0.6 is 24.0 Å². The SMILES string of the molecule is I.N#CC1CN(S(=O)(=O)c2cccc(C(=O)N3CCCC3)c2)C1.O=CNCc1ccc(C(F)(F)F)nc1.[HH]. The molecule has 0 unspecified atom stereocenters. The number of rotatable bonds is 6. The zero-order valence-corrected chi connectivity index (χ0v) is 22.7. The summed E-state index contributed by atoms with van der Waals surface area (Å²) in [4.78, 5) is 27.3. The van der Waals surface area contributed by atoms with Crippen LogP contribution in [0.1, 0.15) is 35.9 Å². The van der Waals surface area contributed by atoms with Crippen LogP contribution in [0.25, 0.3) is 0 Å². The Balaban J connectivity index is 0.000000396. The third-order valence-corrected chi connectivity index (χ3v) is 7.47. The standard InChI is InChI=1S/C15H17N3O3S.C8H7F3N2O.HI.H2/c16-9-12-10-18(11-12)22(20,21)14-5-3-4-13(8-14)15(19)17-6-1-2-7-17;9-8(10,11)7-2-1-6(4-13-7)3-12-5-14;;/h3-5,8,12H,1-2,6-7,10-11H2;1-2,4-5H,3H2,(H,12,14);2*1H. The van der Waals surface area contributed by atoms with Crippen LogP contribution in [-0.2, 0) is 27.5 Å². The third kappa shape index (κ3) is 7.86. The van der Waals surface area contributed by atoms with Crippen LogP contribution in [0.5, 0.6) is 0 Å². The van der Waals surface area contributed by atoms with Crippen molar-refractivity contribution in [2.45, 2.75) is 30.5 Å². The smallest absolute Gasteiger partial charge is 0.355 e. The van der Waals surface area contributed by atoms with E-state index < -0.39 is 21.9 Å². The lowest BCUT2D eigenvalue weighted by atomic mass is 10.1. The first-order valence-electron chi connectivity index (χ1n) is 11.0. The lowest BCUT2D eigenvalue weighted by molar-refractivity contribution is -0.141. The Labute approximate surface area is 231 Å². The van der Waals surface area contributed by atoms with Crippen molar-refractivity contribution in [3.8, 4) is 6.07 Å². The average Bonchev–Trinajstić information content (AvgIpc) is 3.37. The van der Waals surface area contributed by atoms with E-state index >= 15 is 0 Å². The number of sulfonamides is 1. The highest BCUT2D eigenvalue weighted by molar-refractivity contribution is 14.0. The van der Waals surface area contributed by atoms with E-state index in [1.165, 1.54) is 22.5 Å². The minimum Gasteiger partial charge on any atom is -0.355 e. The van der Waals surface area contributed by atoms with Crippen molar-refractivity contribution >= 4 is 46.3 Å². The number of halogens is 4. The number of carbonyl (C=O) groups excluding carboxylic acids is 2. The van der Waals surface area contributed by atoms with Gasteiger partial charge in [0.15, 0.2) is 0 Å². The quantitative estimate of drug-likeness (QED) is 0.377. The molecule has 202 valence electrons. The van der Waals surface area contributed by atoms with E-state index in [4.69, 9.17) is 5.26 Å². The van der Waals surface area contributed by atoms with Crippen molar-refractivity contribution in [3.63, 3.8) is 0 Å². The highest BCUT2D eigenvalue weighted by atomic mass is 127. The predicted octanol–water partition coefficient (Wildman–Crippen LogP) is 3.28. The van der Waals surface area contributed by atoms with Crippen molar-refractivity contribution in [2.75, 3.05) is 26.2 Å². The number of hydrogen-bond donors (Lipinski definition) is 1. The fourth-order valence-electron chi connectivity index (χ4n) is 3.61. The number of carbonyl (C=O) groups is 2. The van der Waals surface area contributed by atoms with Crippen molar-refractivity contribution in [2.24, 2.45) is 5.92 Å². The van der Waals surface area contributed by atoms with Gasteiger partial charge in [0.1, 0.15) is 5.69 Å². The number of hydrogen-bond acceptors (Lipinski definition) is 6. The first-order valence-corrected chi connectivity index (χ1v) is 12.5. The van der Waals surface area contributed by atoms with Gasteiger partial charge in [-0.1, -0.05) is 12.1 Å². The molecule has 1 N–H and O–H groups in total. The summed E-state index contributed by atoms with van der Waals surface area (Å²) >= 11 is 0. The van der Waals surface area contributed by atoms with Crippen molar-refractivity contribution in [1.82, 2.24) is 19.5 Å². The van der Waals surface area contributed by atoms with Gasteiger partial charge >= 0.3 is 6.18 Å². The molecular formula is C23H27F3IN5O4S. The maximum Gasteiger partial charge on any atom is 0.433 e. The highest BCUT2D eigenvalue weighted by Crippen LogP contribution is 2.27. The lowest BCUT2D eigenvalue weighted by Gasteiger charge is -2.34. The Morgan fingerprint density at radius 1 is 1.22 bits per heavy atom. The van der Waals surface area contributed by atoms with Gasteiger partial charge in [0.25, 0.3) is 5.91 Å². The molecule has 0 saturated carbocycles. The number of nitriles is 1. The molecule has 2 aliphatic rings. The van der Waals surface area contributed by atoms with E-state index in [9.17, 15) is 31.2 Å². The van der Waals surface area contributed by atoms with Crippen LogP contribution in [0.4, 0.5) is 13.2 Å². The minimum atomic E-state index is -4.42. The Kier molecular flexibility index (Phi) is 10.8. The number of benzene rings is 1. The summed E-state index contributed by atoms with van der Waals surface area (Å²) in [7, 11) is -3.61. The zero-order chi connectivity index (χ0) is 26.3. The molecule has 2 fully saturated rings. The second kappa shape index (κ2) is 13.2. The second-order valence-electron chi connectivity index (χ2n) is 8.22. The van der Waals surface area contributed by atoms with Gasteiger partial charge in [-0.05, 0) is 42.7 Å². The summed E-state index contributed by atoms with van der Waals surface area (Å²) in [5.74, 6) is -0.350. The molecule has 2 aromatic rings. The average molecular weight is 653 g/mol. The first kappa shape index (κ1) is 30.5. The van der Waals surface area contributed by atoms with E-state index in [2.05, 4.69) is 16.4 Å². The molecule has 3 heterocycles. The topological polar surface area (TPSA) is 123 Å². The maximum absolute atomic E-state index is 12.5. The number of nitrogens with one attached hydrogen (secondary N) is 1. The number of pyridine rings is 1. The van der Waals surface area contributed by atoms with Crippen LogP contribution < -0.4 is 5.32 Å². The summed E-state index contributed by atoms with van der Waals surface area (Å²) in [5.41, 5.74) is -0.0159. The number of amides is 2. The van der Waals surface area contributed by atoms with Crippen molar-refractivity contribution in [3.05, 3.63) is 59.4 Å². The Morgan fingerprint density at radius 2 is 1.89 bits per heavy atom. The van der Waals surface area contributed by atoms with E-state index in [-0.39, 0.29) is 61.8 Å². The monoisotopic (exact) mass is 653 g/mol. The van der Waals surface area contributed by atoms with E-state index in [0.717, 1.165) is 38.2 Å². The highest BCUT2D eigenvalue weighted by Gasteiger charge is 2.37. The van der Waals surface area contributed by atoms with Crippen LogP contribution in [-0.4, -0.2) is 61.1 Å². The Bertz CT molecular complexity index is 1230. The van der Waals surface area contributed by atoms with Crippen LogP contribution in [0.3, 0.4) is 0 Å². The van der Waals surface area contributed by atoms with Crippen LogP contribution in [0.2, 0.25) is 0 Å². The Morgan fingerprint density at radius 3 is 2.43 bits per heavy atom. The van der Waals surface area contributed by atoms with Crippen molar-refractivity contribution < 1.29 is 32.6 Å². The van der Waals surface area contributed by atoms with Gasteiger partial charge in [0.2, 0.25) is 16.4 Å². The van der Waals surface area contributed by atoms with Crippen LogP contribution in [0.15, 0.2) is 47.5 Å². The minimum absolute atomic E-state index is 0. The molecule has 2 saturated heterocycles. The van der Waals surface area contributed by atoms with Gasteiger partial charge in [-0.3, -0.25) is 14.6 Å². The van der Waals surface area contributed by atoms with E-state index in [1.54, 1.807) is 17.0 Å². The van der Waals surface area contributed by atoms with Gasteiger partial charge in [-0.2, -0.15) is 22.7 Å². The molecule has 0 aliphatic carbocycles. The number of aromatic nitrogens is 1. The second-order valence-corrected chi connectivity index (χ2v) is 10.2. The normalized spacial score (nSPS) is 15.9. The molecule has 9 nitrogen and oxygen atoms in total. The summed E-state index contributed by atoms with van der Waals surface area (Å²) < 4.78 is 62.3. The molecule has 14 heteroatoms. The number of alkyl halides is 3. The fraction of sp³-hybridized carbons (Fsp3) is 0.391.